The number of carbonyl (C=O) groups excluding carboxylic acids is 1. The predicted molar refractivity (Wildman–Crippen MR) is 68.4 cm³/mol. The Morgan fingerprint density at radius 2 is 2.22 bits per heavy atom. The van der Waals surface area contributed by atoms with Crippen molar-refractivity contribution < 1.29 is 4.79 Å². The van der Waals surface area contributed by atoms with Gasteiger partial charge < -0.3 is 16.0 Å². The van der Waals surface area contributed by atoms with Crippen molar-refractivity contribution in [2.45, 2.75) is 6.92 Å². The summed E-state index contributed by atoms with van der Waals surface area (Å²) >= 11 is 0. The van der Waals surface area contributed by atoms with E-state index in [1.807, 2.05) is 6.92 Å². The van der Waals surface area contributed by atoms with E-state index in [-0.39, 0.29) is 11.5 Å². The molecule has 0 bridgehead atoms. The summed E-state index contributed by atoms with van der Waals surface area (Å²) in [7, 11) is 0. The molecule has 2 aromatic rings. The molecule has 1 amide bonds. The zero-order valence-corrected chi connectivity index (χ0v) is 9.73. The summed E-state index contributed by atoms with van der Waals surface area (Å²) in [5.74, 6) is 0.0702. The third kappa shape index (κ3) is 2.54. The number of hydrogen-bond acceptors (Lipinski definition) is 4. The lowest BCUT2D eigenvalue weighted by molar-refractivity contribution is 0.102. The number of aromatic amines is 1. The van der Waals surface area contributed by atoms with Gasteiger partial charge in [0.25, 0.3) is 5.91 Å². The zero-order chi connectivity index (χ0) is 13.1. The summed E-state index contributed by atoms with van der Waals surface area (Å²) in [5.41, 5.74) is 7.13. The van der Waals surface area contributed by atoms with E-state index in [2.05, 4.69) is 15.3 Å². The standard InChI is InChI=1S/C12H12N4O2/c1-7-4-10(14-6-9(7)13)16-12(18)8-2-3-11(17)15-5-8/h2-6H,13H2,1H3,(H,15,17)(H,14,16,18). The maximum atomic E-state index is 11.8. The van der Waals surface area contributed by atoms with Crippen LogP contribution in [0.3, 0.4) is 0 Å². The first-order chi connectivity index (χ1) is 8.56. The number of nitrogens with one attached hydrogen (secondary N) is 2. The average molecular weight is 244 g/mol. The van der Waals surface area contributed by atoms with Gasteiger partial charge in [0.2, 0.25) is 5.56 Å². The van der Waals surface area contributed by atoms with E-state index >= 15 is 0 Å². The van der Waals surface area contributed by atoms with Gasteiger partial charge in [-0.3, -0.25) is 9.59 Å². The predicted octanol–water partition coefficient (Wildman–Crippen LogP) is 0.913. The molecule has 0 unspecified atom stereocenters. The van der Waals surface area contributed by atoms with Crippen LogP contribution in [0.2, 0.25) is 0 Å². The summed E-state index contributed by atoms with van der Waals surface area (Å²) in [5, 5.41) is 2.62. The van der Waals surface area contributed by atoms with Crippen molar-refractivity contribution in [3.63, 3.8) is 0 Å². The molecule has 6 heteroatoms. The first kappa shape index (κ1) is 11.8. The van der Waals surface area contributed by atoms with Gasteiger partial charge in [-0.05, 0) is 24.6 Å². The minimum atomic E-state index is -0.345. The topological polar surface area (TPSA) is 101 Å². The third-order valence-electron chi connectivity index (χ3n) is 2.44. The van der Waals surface area contributed by atoms with Crippen molar-refractivity contribution in [1.29, 1.82) is 0 Å². The van der Waals surface area contributed by atoms with Gasteiger partial charge in [0.15, 0.2) is 0 Å². The molecule has 6 nitrogen and oxygen atoms in total. The number of rotatable bonds is 2. The second-order valence-corrected chi connectivity index (χ2v) is 3.82. The zero-order valence-electron chi connectivity index (χ0n) is 9.73. The average Bonchev–Trinajstić information content (AvgIpc) is 2.34. The molecular weight excluding hydrogens is 232 g/mol. The van der Waals surface area contributed by atoms with E-state index in [4.69, 9.17) is 5.73 Å². The van der Waals surface area contributed by atoms with Crippen LogP contribution < -0.4 is 16.6 Å². The van der Waals surface area contributed by atoms with Crippen LogP contribution >= 0.6 is 0 Å². The van der Waals surface area contributed by atoms with Crippen molar-refractivity contribution in [3.05, 3.63) is 52.1 Å². The largest absolute Gasteiger partial charge is 0.397 e. The molecule has 2 rings (SSSR count). The molecule has 2 heterocycles. The number of nitrogens with zero attached hydrogens (tertiary/aromatic N) is 1. The quantitative estimate of drug-likeness (QED) is 0.730. The van der Waals surface area contributed by atoms with Gasteiger partial charge in [0.05, 0.1) is 17.4 Å². The number of hydrogen-bond donors (Lipinski definition) is 3. The molecule has 0 aliphatic carbocycles. The molecule has 4 N–H and O–H groups in total. The minimum Gasteiger partial charge on any atom is -0.397 e. The van der Waals surface area contributed by atoms with Crippen LogP contribution in [-0.4, -0.2) is 15.9 Å². The SMILES string of the molecule is Cc1cc(NC(=O)c2ccc(=O)[nH]c2)ncc1N. The highest BCUT2D eigenvalue weighted by Gasteiger charge is 2.07. The van der Waals surface area contributed by atoms with E-state index in [0.29, 0.717) is 17.1 Å². The van der Waals surface area contributed by atoms with Crippen LogP contribution in [0, 0.1) is 6.92 Å². The molecule has 0 aliphatic heterocycles. The maximum absolute atomic E-state index is 11.8. The molecule has 0 spiro atoms. The van der Waals surface area contributed by atoms with Crippen molar-refractivity contribution in [1.82, 2.24) is 9.97 Å². The van der Waals surface area contributed by atoms with Gasteiger partial charge in [-0.25, -0.2) is 4.98 Å². The number of H-pyrrole nitrogens is 1. The first-order valence-electron chi connectivity index (χ1n) is 5.28. The highest BCUT2D eigenvalue weighted by Crippen LogP contribution is 2.13. The van der Waals surface area contributed by atoms with E-state index < -0.39 is 0 Å². The number of nitrogens with two attached hydrogens (primary N) is 1. The molecule has 2 aromatic heterocycles. The van der Waals surface area contributed by atoms with Gasteiger partial charge in [0, 0.05) is 12.3 Å². The Labute approximate surface area is 103 Å². The Morgan fingerprint density at radius 1 is 1.44 bits per heavy atom. The molecule has 0 radical (unpaired) electrons. The summed E-state index contributed by atoms with van der Waals surface area (Å²) < 4.78 is 0. The fourth-order valence-corrected chi connectivity index (χ4v) is 1.38. The summed E-state index contributed by atoms with van der Waals surface area (Å²) in [6.45, 7) is 1.83. The molecule has 92 valence electrons. The first-order valence-corrected chi connectivity index (χ1v) is 5.28. The van der Waals surface area contributed by atoms with Crippen molar-refractivity contribution >= 4 is 17.4 Å². The molecular formula is C12H12N4O2. The van der Waals surface area contributed by atoms with Crippen molar-refractivity contribution in [2.24, 2.45) is 0 Å². The normalized spacial score (nSPS) is 10.1. The Morgan fingerprint density at radius 3 is 2.83 bits per heavy atom. The lowest BCUT2D eigenvalue weighted by Gasteiger charge is -2.06. The molecule has 0 fully saturated rings. The van der Waals surface area contributed by atoms with Gasteiger partial charge >= 0.3 is 0 Å². The van der Waals surface area contributed by atoms with Gasteiger partial charge in [0.1, 0.15) is 5.82 Å². The fraction of sp³-hybridized carbons (Fsp3) is 0.0833. The number of anilines is 2. The summed E-state index contributed by atoms with van der Waals surface area (Å²) in [4.78, 5) is 29.1. The highest BCUT2D eigenvalue weighted by atomic mass is 16.2. The highest BCUT2D eigenvalue weighted by molar-refractivity contribution is 6.03. The van der Waals surface area contributed by atoms with Crippen LogP contribution in [0.15, 0.2) is 35.4 Å². The Hall–Kier alpha value is -2.63. The molecule has 0 saturated heterocycles. The number of carbonyl (C=O) groups is 1. The second kappa shape index (κ2) is 4.70. The van der Waals surface area contributed by atoms with Crippen LogP contribution in [0.5, 0.6) is 0 Å². The molecule has 0 atom stereocenters. The van der Waals surface area contributed by atoms with Crippen LogP contribution in [-0.2, 0) is 0 Å². The van der Waals surface area contributed by atoms with Crippen molar-refractivity contribution in [2.75, 3.05) is 11.1 Å². The molecule has 18 heavy (non-hydrogen) atoms. The van der Waals surface area contributed by atoms with E-state index in [1.54, 1.807) is 6.07 Å². The van der Waals surface area contributed by atoms with Gasteiger partial charge in [-0.1, -0.05) is 0 Å². The smallest absolute Gasteiger partial charge is 0.258 e. The van der Waals surface area contributed by atoms with Gasteiger partial charge in [-0.15, -0.1) is 0 Å². The van der Waals surface area contributed by atoms with E-state index in [9.17, 15) is 9.59 Å². The number of pyridine rings is 2. The Bertz CT molecular complexity index is 628. The maximum Gasteiger partial charge on any atom is 0.258 e. The number of nitrogen functional groups attached to an aromatic ring is 1. The number of aromatic nitrogens is 2. The van der Waals surface area contributed by atoms with Crippen LogP contribution in [0.1, 0.15) is 15.9 Å². The molecule has 0 aromatic carbocycles. The van der Waals surface area contributed by atoms with E-state index in [1.165, 1.54) is 24.5 Å². The molecule has 0 aliphatic rings. The monoisotopic (exact) mass is 244 g/mol. The summed E-state index contributed by atoms with van der Waals surface area (Å²) in [6.07, 6.45) is 2.83. The van der Waals surface area contributed by atoms with E-state index in [0.717, 1.165) is 5.56 Å². The lowest BCUT2D eigenvalue weighted by atomic mass is 10.2. The van der Waals surface area contributed by atoms with Gasteiger partial charge in [-0.2, -0.15) is 0 Å². The minimum absolute atomic E-state index is 0.256. The number of amides is 1. The summed E-state index contributed by atoms with van der Waals surface area (Å²) in [6, 6.07) is 4.41. The second-order valence-electron chi connectivity index (χ2n) is 3.82. The Kier molecular flexibility index (Phi) is 3.09. The third-order valence-corrected chi connectivity index (χ3v) is 2.44. The fourth-order valence-electron chi connectivity index (χ4n) is 1.38. The van der Waals surface area contributed by atoms with Crippen LogP contribution in [0.25, 0.3) is 0 Å². The van der Waals surface area contributed by atoms with Crippen LogP contribution in [0.4, 0.5) is 11.5 Å². The van der Waals surface area contributed by atoms with Crippen molar-refractivity contribution in [3.8, 4) is 0 Å². The molecule has 0 saturated carbocycles. The number of aryl methyl sites for hydroxylation is 1. The lowest BCUT2D eigenvalue weighted by Crippen LogP contribution is -2.15. The Balaban J connectivity index is 2.18.